The highest BCUT2D eigenvalue weighted by Gasteiger charge is 2.15. The van der Waals surface area contributed by atoms with Crippen LogP contribution in [0.2, 0.25) is 0 Å². The maximum Gasteiger partial charge on any atom is 0.258 e. The van der Waals surface area contributed by atoms with E-state index in [1.54, 1.807) is 25.4 Å². The Bertz CT molecular complexity index is 1140. The minimum absolute atomic E-state index is 0. The van der Waals surface area contributed by atoms with E-state index in [0.29, 0.717) is 17.5 Å². The molecule has 0 saturated heterocycles. The lowest BCUT2D eigenvalue weighted by Crippen LogP contribution is -2.30. The summed E-state index contributed by atoms with van der Waals surface area (Å²) in [7, 11) is 0. The predicted molar refractivity (Wildman–Crippen MR) is 106 cm³/mol. The fourth-order valence-corrected chi connectivity index (χ4v) is 2.70. The number of halogens is 1. The van der Waals surface area contributed by atoms with Crippen molar-refractivity contribution in [2.45, 2.75) is 20.0 Å². The number of primary amides is 1. The number of nitrogens with two attached hydrogens (primary N) is 1. The number of hydrogen-bond donors (Lipinski definition) is 2. The first-order chi connectivity index (χ1) is 13.0. The second-order valence-electron chi connectivity index (χ2n) is 6.20. The summed E-state index contributed by atoms with van der Waals surface area (Å²) in [5.41, 5.74) is 9.43. The Morgan fingerprint density at radius 3 is 2.75 bits per heavy atom. The molecule has 0 fully saturated rings. The second-order valence-corrected chi connectivity index (χ2v) is 6.20. The van der Waals surface area contributed by atoms with Gasteiger partial charge in [-0.3, -0.25) is 4.79 Å². The normalized spacial score (nSPS) is 11.8. The first-order valence-corrected chi connectivity index (χ1v) is 8.35. The third kappa shape index (κ3) is 3.67. The molecule has 0 saturated carbocycles. The number of hydrogen-bond acceptors (Lipinski definition) is 6. The van der Waals surface area contributed by atoms with Crippen LogP contribution in [-0.2, 0) is 4.79 Å². The van der Waals surface area contributed by atoms with Gasteiger partial charge in [0.05, 0.1) is 17.4 Å². The number of benzene rings is 2. The molecule has 0 bridgehead atoms. The van der Waals surface area contributed by atoms with Crippen molar-refractivity contribution >= 4 is 29.3 Å². The summed E-state index contributed by atoms with van der Waals surface area (Å²) in [6.45, 7) is 3.48. The maximum absolute atomic E-state index is 11.2. The van der Waals surface area contributed by atoms with Crippen LogP contribution in [0.5, 0.6) is 5.75 Å². The minimum atomic E-state index is -0.707. The molecule has 3 N–H and O–H groups in total. The van der Waals surface area contributed by atoms with Gasteiger partial charge >= 0.3 is 0 Å². The Morgan fingerprint density at radius 2 is 2.00 bits per heavy atom. The molecule has 1 amide bonds. The monoisotopic (exact) mass is 399 g/mol. The lowest BCUT2D eigenvalue weighted by molar-refractivity contribution is -0.123. The third-order valence-electron chi connectivity index (χ3n) is 4.23. The van der Waals surface area contributed by atoms with Crippen molar-refractivity contribution < 1.29 is 14.1 Å². The lowest BCUT2D eigenvalue weighted by atomic mass is 10.1. The third-order valence-corrected chi connectivity index (χ3v) is 4.23. The molecule has 144 valence electrons. The molecule has 0 aliphatic rings. The van der Waals surface area contributed by atoms with Crippen LogP contribution in [0.25, 0.3) is 33.9 Å². The van der Waals surface area contributed by atoms with E-state index in [4.69, 9.17) is 15.0 Å². The number of carbonyl (C=O) groups is 1. The lowest BCUT2D eigenvalue weighted by Gasteiger charge is -2.13. The maximum atomic E-state index is 11.2. The van der Waals surface area contributed by atoms with Crippen LogP contribution < -0.4 is 10.5 Å². The van der Waals surface area contributed by atoms with Crippen LogP contribution in [0.3, 0.4) is 0 Å². The molecule has 2 heterocycles. The van der Waals surface area contributed by atoms with Gasteiger partial charge in [0.1, 0.15) is 5.75 Å². The van der Waals surface area contributed by atoms with E-state index in [-0.39, 0.29) is 12.4 Å². The molecule has 8 nitrogen and oxygen atoms in total. The van der Waals surface area contributed by atoms with E-state index in [1.165, 1.54) is 0 Å². The molecule has 2 aromatic carbocycles. The molecular weight excluding hydrogens is 382 g/mol. The van der Waals surface area contributed by atoms with Gasteiger partial charge in [-0.25, -0.2) is 4.98 Å². The Hall–Kier alpha value is -3.39. The molecule has 4 rings (SSSR count). The Balaban J connectivity index is 0.00000225. The summed E-state index contributed by atoms with van der Waals surface area (Å²) in [6.07, 6.45) is 0.934. The Labute approximate surface area is 166 Å². The van der Waals surface area contributed by atoms with Crippen LogP contribution in [0.4, 0.5) is 0 Å². The summed E-state index contributed by atoms with van der Waals surface area (Å²) in [5, 5.41) is 4.06. The number of aromatic nitrogens is 4. The van der Waals surface area contributed by atoms with E-state index in [1.807, 2.05) is 31.2 Å². The van der Waals surface area contributed by atoms with Gasteiger partial charge in [0, 0.05) is 11.1 Å². The fourth-order valence-electron chi connectivity index (χ4n) is 2.70. The predicted octanol–water partition coefficient (Wildman–Crippen LogP) is 3.26. The van der Waals surface area contributed by atoms with Crippen molar-refractivity contribution in [3.05, 3.63) is 48.3 Å². The van der Waals surface area contributed by atoms with Crippen LogP contribution in [0.1, 0.15) is 12.5 Å². The molecular formula is C19H18ClN5O3. The van der Waals surface area contributed by atoms with E-state index in [2.05, 4.69) is 20.1 Å². The van der Waals surface area contributed by atoms with Crippen LogP contribution in [-0.4, -0.2) is 32.1 Å². The van der Waals surface area contributed by atoms with Gasteiger partial charge in [0.25, 0.3) is 11.8 Å². The highest BCUT2D eigenvalue weighted by molar-refractivity contribution is 5.85. The van der Waals surface area contributed by atoms with Crippen molar-refractivity contribution in [3.8, 4) is 28.6 Å². The summed E-state index contributed by atoms with van der Waals surface area (Å²) in [5.74, 6) is 0.942. The summed E-state index contributed by atoms with van der Waals surface area (Å²) in [6, 6.07) is 11.1. The molecule has 1 atom stereocenters. The largest absolute Gasteiger partial charge is 0.481 e. The number of aromatic amines is 1. The summed E-state index contributed by atoms with van der Waals surface area (Å²) < 4.78 is 11.0. The number of carbonyl (C=O) groups excluding carboxylic acids is 1. The van der Waals surface area contributed by atoms with E-state index in [0.717, 1.165) is 27.7 Å². The van der Waals surface area contributed by atoms with Gasteiger partial charge in [0.2, 0.25) is 5.82 Å². The molecule has 2 aromatic heterocycles. The number of H-pyrrole nitrogens is 1. The highest BCUT2D eigenvalue weighted by atomic mass is 35.5. The standard InChI is InChI=1S/C19H17N5O3.ClH/c1-10-7-13(4-6-16(10)26-11(2)17(20)25)19-23-18(24-27-19)12-3-5-14-15(8-12)22-9-21-14;/h3-9,11H,1-2H3,(H2,20,25)(H,21,22);1H. The first-order valence-electron chi connectivity index (χ1n) is 8.35. The average molecular weight is 400 g/mol. The SMILES string of the molecule is Cc1cc(-c2nc(-c3ccc4nc[nH]c4c3)no2)ccc1OC(C)C(N)=O.Cl. The summed E-state index contributed by atoms with van der Waals surface area (Å²) in [4.78, 5) is 22.9. The molecule has 9 heteroatoms. The van der Waals surface area contributed by atoms with Gasteiger partial charge < -0.3 is 20.0 Å². The van der Waals surface area contributed by atoms with Crippen molar-refractivity contribution in [1.82, 2.24) is 20.1 Å². The van der Waals surface area contributed by atoms with Gasteiger partial charge in [-0.15, -0.1) is 12.4 Å². The number of rotatable bonds is 5. The van der Waals surface area contributed by atoms with Gasteiger partial charge in [-0.05, 0) is 55.8 Å². The molecule has 1 unspecified atom stereocenters. The number of amides is 1. The fraction of sp³-hybridized carbons (Fsp3) is 0.158. The first kappa shape index (κ1) is 19.4. The number of nitrogens with zero attached hydrogens (tertiary/aromatic N) is 3. The van der Waals surface area contributed by atoms with Crippen LogP contribution in [0.15, 0.2) is 47.2 Å². The number of aryl methyl sites for hydroxylation is 1. The van der Waals surface area contributed by atoms with Gasteiger partial charge in [-0.1, -0.05) is 5.16 Å². The van der Waals surface area contributed by atoms with Crippen molar-refractivity contribution in [1.29, 1.82) is 0 Å². The quantitative estimate of drug-likeness (QED) is 0.531. The molecule has 0 spiro atoms. The Kier molecular flexibility index (Phi) is 5.32. The van der Waals surface area contributed by atoms with E-state index in [9.17, 15) is 4.79 Å². The zero-order valence-electron chi connectivity index (χ0n) is 15.2. The topological polar surface area (TPSA) is 120 Å². The number of imidazole rings is 1. The van der Waals surface area contributed by atoms with Gasteiger partial charge in [0.15, 0.2) is 6.10 Å². The van der Waals surface area contributed by atoms with E-state index < -0.39 is 12.0 Å². The van der Waals surface area contributed by atoms with Gasteiger partial charge in [-0.2, -0.15) is 4.98 Å². The molecule has 0 aliphatic heterocycles. The molecule has 0 aliphatic carbocycles. The number of ether oxygens (including phenoxy) is 1. The smallest absolute Gasteiger partial charge is 0.258 e. The summed E-state index contributed by atoms with van der Waals surface area (Å²) >= 11 is 0. The zero-order chi connectivity index (χ0) is 19.0. The average Bonchev–Trinajstić information content (AvgIpc) is 3.31. The van der Waals surface area contributed by atoms with Crippen LogP contribution in [0, 0.1) is 6.92 Å². The van der Waals surface area contributed by atoms with Crippen LogP contribution >= 0.6 is 12.4 Å². The minimum Gasteiger partial charge on any atom is -0.481 e. The Morgan fingerprint density at radius 1 is 1.21 bits per heavy atom. The zero-order valence-corrected chi connectivity index (χ0v) is 16.0. The second kappa shape index (κ2) is 7.69. The van der Waals surface area contributed by atoms with Crippen molar-refractivity contribution in [2.24, 2.45) is 5.73 Å². The molecule has 0 radical (unpaired) electrons. The molecule has 28 heavy (non-hydrogen) atoms. The van der Waals surface area contributed by atoms with Crippen molar-refractivity contribution in [3.63, 3.8) is 0 Å². The van der Waals surface area contributed by atoms with E-state index >= 15 is 0 Å². The van der Waals surface area contributed by atoms with Crippen molar-refractivity contribution in [2.75, 3.05) is 0 Å². The highest BCUT2D eigenvalue weighted by Crippen LogP contribution is 2.28. The number of fused-ring (bicyclic) bond motifs is 1. The number of nitrogens with one attached hydrogen (secondary N) is 1. The molecule has 4 aromatic rings.